The van der Waals surface area contributed by atoms with Crippen LogP contribution in [0, 0.1) is 12.8 Å². The number of amides is 1. The molecule has 4 aromatic rings. The van der Waals surface area contributed by atoms with Crippen molar-refractivity contribution in [1.82, 2.24) is 24.6 Å². The molecule has 2 aromatic carbocycles. The minimum absolute atomic E-state index is 0.124. The van der Waals surface area contributed by atoms with Gasteiger partial charge in [-0.3, -0.25) is 4.79 Å². The van der Waals surface area contributed by atoms with E-state index in [4.69, 9.17) is 4.52 Å². The van der Waals surface area contributed by atoms with Crippen LogP contribution in [-0.2, 0) is 17.8 Å². The van der Waals surface area contributed by atoms with E-state index in [9.17, 15) is 4.79 Å². The Morgan fingerprint density at radius 1 is 1.16 bits per heavy atom. The monoisotopic (exact) mass is 415 g/mol. The van der Waals surface area contributed by atoms with Gasteiger partial charge in [-0.05, 0) is 43.4 Å². The van der Waals surface area contributed by atoms with Crippen LogP contribution < -0.4 is 0 Å². The Hall–Kier alpha value is -3.48. The second-order valence-electron chi connectivity index (χ2n) is 8.24. The van der Waals surface area contributed by atoms with Gasteiger partial charge < -0.3 is 14.0 Å². The molecule has 0 aliphatic carbocycles. The van der Waals surface area contributed by atoms with Gasteiger partial charge >= 0.3 is 0 Å². The molecule has 158 valence electrons. The third kappa shape index (κ3) is 4.08. The number of aromatic nitrogens is 4. The number of rotatable bonds is 5. The van der Waals surface area contributed by atoms with Crippen LogP contribution in [-0.4, -0.2) is 43.6 Å². The molecule has 1 atom stereocenters. The Balaban J connectivity index is 1.23. The molecule has 7 nitrogen and oxygen atoms in total. The Kier molecular flexibility index (Phi) is 5.24. The highest BCUT2D eigenvalue weighted by molar-refractivity contribution is 5.80. The summed E-state index contributed by atoms with van der Waals surface area (Å²) < 4.78 is 7.45. The predicted octanol–water partition coefficient (Wildman–Crippen LogP) is 3.88. The van der Waals surface area contributed by atoms with Crippen LogP contribution in [0.25, 0.3) is 22.4 Å². The topological polar surface area (TPSA) is 77.0 Å². The van der Waals surface area contributed by atoms with Gasteiger partial charge in [-0.15, -0.1) is 0 Å². The van der Waals surface area contributed by atoms with Crippen LogP contribution in [0.4, 0.5) is 0 Å². The predicted molar refractivity (Wildman–Crippen MR) is 117 cm³/mol. The van der Waals surface area contributed by atoms with Gasteiger partial charge in [0.25, 0.3) is 0 Å². The van der Waals surface area contributed by atoms with Gasteiger partial charge in [-0.1, -0.05) is 41.6 Å². The Morgan fingerprint density at radius 3 is 2.90 bits per heavy atom. The molecule has 0 N–H and O–H groups in total. The molecule has 1 amide bonds. The normalized spacial score (nSPS) is 16.7. The largest absolute Gasteiger partial charge is 0.341 e. The Labute approximate surface area is 180 Å². The number of hydrogen-bond acceptors (Lipinski definition) is 5. The molecule has 1 aliphatic heterocycles. The molecule has 2 aromatic heterocycles. The first kappa shape index (κ1) is 19.5. The molecule has 1 aliphatic rings. The standard InChI is InChI=1S/C24H25N5O2/c1-17-7-2-3-9-19(17)24-26-22(31-27-24)13-18-8-6-12-28(14-18)23(30)15-29-16-25-20-10-4-5-11-21(20)29/h2-5,7,9-11,16,18H,6,8,12-15H2,1H3/t18-/m1/s1. The molecular weight excluding hydrogens is 390 g/mol. The van der Waals surface area contributed by atoms with Crippen molar-refractivity contribution in [3.8, 4) is 11.4 Å². The molecule has 31 heavy (non-hydrogen) atoms. The number of imidazole rings is 1. The van der Waals surface area contributed by atoms with Crippen molar-refractivity contribution in [2.45, 2.75) is 32.7 Å². The average molecular weight is 415 g/mol. The lowest BCUT2D eigenvalue weighted by Crippen LogP contribution is -2.42. The van der Waals surface area contributed by atoms with Crippen molar-refractivity contribution in [2.75, 3.05) is 13.1 Å². The first-order valence-corrected chi connectivity index (χ1v) is 10.7. The van der Waals surface area contributed by atoms with Crippen molar-refractivity contribution < 1.29 is 9.32 Å². The van der Waals surface area contributed by atoms with Crippen LogP contribution in [0.3, 0.4) is 0 Å². The lowest BCUT2D eigenvalue weighted by molar-refractivity contribution is -0.133. The maximum atomic E-state index is 13.0. The highest BCUT2D eigenvalue weighted by Crippen LogP contribution is 2.24. The van der Waals surface area contributed by atoms with E-state index in [0.717, 1.165) is 41.5 Å². The molecule has 0 spiro atoms. The summed E-state index contributed by atoms with van der Waals surface area (Å²) in [5.74, 6) is 1.71. The van der Waals surface area contributed by atoms with Crippen LogP contribution in [0.5, 0.6) is 0 Å². The molecule has 1 saturated heterocycles. The number of hydrogen-bond donors (Lipinski definition) is 0. The van der Waals surface area contributed by atoms with E-state index in [0.29, 0.717) is 37.1 Å². The highest BCUT2D eigenvalue weighted by atomic mass is 16.5. The van der Waals surface area contributed by atoms with Crippen molar-refractivity contribution in [1.29, 1.82) is 0 Å². The smallest absolute Gasteiger partial charge is 0.242 e. The number of aryl methyl sites for hydroxylation is 1. The van der Waals surface area contributed by atoms with Gasteiger partial charge in [0.05, 0.1) is 17.4 Å². The summed E-state index contributed by atoms with van der Waals surface area (Å²) in [5.41, 5.74) is 4.01. The first-order chi connectivity index (χ1) is 15.2. The third-order valence-electron chi connectivity index (χ3n) is 6.02. The number of carbonyl (C=O) groups excluding carboxylic acids is 1. The van der Waals surface area contributed by atoms with Crippen LogP contribution in [0.2, 0.25) is 0 Å². The fraction of sp³-hybridized carbons (Fsp3) is 0.333. The zero-order valence-electron chi connectivity index (χ0n) is 17.6. The van der Waals surface area contributed by atoms with Crippen LogP contribution >= 0.6 is 0 Å². The summed E-state index contributed by atoms with van der Waals surface area (Å²) in [4.78, 5) is 23.9. The molecular formula is C24H25N5O2. The van der Waals surface area contributed by atoms with Crippen molar-refractivity contribution >= 4 is 16.9 Å². The summed E-state index contributed by atoms with van der Waals surface area (Å²) >= 11 is 0. The van der Waals surface area contributed by atoms with Gasteiger partial charge in [0.15, 0.2) is 0 Å². The Bertz CT molecular complexity index is 1210. The number of nitrogens with zero attached hydrogens (tertiary/aromatic N) is 5. The number of carbonyl (C=O) groups is 1. The maximum absolute atomic E-state index is 13.0. The second-order valence-corrected chi connectivity index (χ2v) is 8.24. The minimum Gasteiger partial charge on any atom is -0.341 e. The molecule has 0 bridgehead atoms. The molecule has 1 fully saturated rings. The van der Waals surface area contributed by atoms with E-state index in [1.807, 2.05) is 64.9 Å². The lowest BCUT2D eigenvalue weighted by Gasteiger charge is -2.32. The molecule has 5 rings (SSSR count). The third-order valence-corrected chi connectivity index (χ3v) is 6.02. The summed E-state index contributed by atoms with van der Waals surface area (Å²) in [6.07, 6.45) is 4.48. The van der Waals surface area contributed by atoms with Crippen molar-refractivity contribution in [3.05, 3.63) is 66.3 Å². The molecule has 0 unspecified atom stereocenters. The number of fused-ring (bicyclic) bond motifs is 1. The van der Waals surface area contributed by atoms with E-state index in [-0.39, 0.29) is 5.91 Å². The van der Waals surface area contributed by atoms with E-state index >= 15 is 0 Å². The van der Waals surface area contributed by atoms with Gasteiger partial charge in [0.1, 0.15) is 6.54 Å². The van der Waals surface area contributed by atoms with E-state index in [1.165, 1.54) is 0 Å². The van der Waals surface area contributed by atoms with Crippen molar-refractivity contribution in [3.63, 3.8) is 0 Å². The van der Waals surface area contributed by atoms with Crippen LogP contribution in [0.1, 0.15) is 24.3 Å². The Morgan fingerprint density at radius 2 is 2.00 bits per heavy atom. The zero-order chi connectivity index (χ0) is 21.2. The van der Waals surface area contributed by atoms with Gasteiger partial charge in [0.2, 0.25) is 17.6 Å². The second kappa shape index (κ2) is 8.34. The molecule has 3 heterocycles. The number of likely N-dealkylation sites (tertiary alicyclic amines) is 1. The first-order valence-electron chi connectivity index (χ1n) is 10.7. The number of para-hydroxylation sites is 2. The van der Waals surface area contributed by atoms with Crippen molar-refractivity contribution in [2.24, 2.45) is 5.92 Å². The fourth-order valence-corrected chi connectivity index (χ4v) is 4.36. The summed E-state index contributed by atoms with van der Waals surface area (Å²) in [6, 6.07) is 15.9. The fourth-order valence-electron chi connectivity index (χ4n) is 4.36. The number of benzene rings is 2. The van der Waals surface area contributed by atoms with Gasteiger partial charge in [0, 0.05) is 25.1 Å². The molecule has 0 saturated carbocycles. The summed E-state index contributed by atoms with van der Waals surface area (Å²) in [5, 5.41) is 4.17. The molecule has 7 heteroatoms. The lowest BCUT2D eigenvalue weighted by atomic mass is 9.94. The SMILES string of the molecule is Cc1ccccc1-c1noc(C[C@H]2CCCN(C(=O)Cn3cnc4ccccc43)C2)n1. The number of piperidine rings is 1. The van der Waals surface area contributed by atoms with E-state index < -0.39 is 0 Å². The average Bonchev–Trinajstić information content (AvgIpc) is 3.42. The zero-order valence-corrected chi connectivity index (χ0v) is 17.6. The van der Waals surface area contributed by atoms with Gasteiger partial charge in [-0.25, -0.2) is 4.98 Å². The van der Waals surface area contributed by atoms with E-state index in [2.05, 4.69) is 15.1 Å². The van der Waals surface area contributed by atoms with Gasteiger partial charge in [-0.2, -0.15) is 4.98 Å². The minimum atomic E-state index is 0.124. The van der Waals surface area contributed by atoms with Crippen LogP contribution in [0.15, 0.2) is 59.4 Å². The van der Waals surface area contributed by atoms with E-state index in [1.54, 1.807) is 6.33 Å². The molecule has 0 radical (unpaired) electrons. The highest BCUT2D eigenvalue weighted by Gasteiger charge is 2.26. The summed E-state index contributed by atoms with van der Waals surface area (Å²) in [6.45, 7) is 3.86. The maximum Gasteiger partial charge on any atom is 0.242 e. The quantitative estimate of drug-likeness (QED) is 0.494. The summed E-state index contributed by atoms with van der Waals surface area (Å²) in [7, 11) is 0.